The highest BCUT2D eigenvalue weighted by Gasteiger charge is 2.10. The van der Waals surface area contributed by atoms with Gasteiger partial charge in [-0.2, -0.15) is 0 Å². The molecule has 0 spiro atoms. The van der Waals surface area contributed by atoms with Gasteiger partial charge in [0.1, 0.15) is 6.61 Å². The SMILES string of the molecule is C=CCOC(=O)C(=O)/C=C/C(C)C. The molecule has 72 valence electrons. The lowest BCUT2D eigenvalue weighted by Crippen LogP contribution is -2.15. The predicted octanol–water partition coefficient (Wildman–Crippen LogP) is 1.50. The first-order chi connectivity index (χ1) is 6.07. The van der Waals surface area contributed by atoms with Crippen molar-refractivity contribution in [2.24, 2.45) is 5.92 Å². The molecule has 0 N–H and O–H groups in total. The van der Waals surface area contributed by atoms with Gasteiger partial charge in [-0.15, -0.1) is 0 Å². The molecule has 0 aromatic carbocycles. The number of carbonyl (C=O) groups is 2. The fraction of sp³-hybridized carbons (Fsp3) is 0.400. The van der Waals surface area contributed by atoms with Crippen LogP contribution in [0.25, 0.3) is 0 Å². The summed E-state index contributed by atoms with van der Waals surface area (Å²) in [6, 6.07) is 0. The molecule has 0 aromatic rings. The van der Waals surface area contributed by atoms with Crippen LogP contribution in [0, 0.1) is 5.92 Å². The highest BCUT2D eigenvalue weighted by atomic mass is 16.5. The molecule has 0 rings (SSSR count). The van der Waals surface area contributed by atoms with Gasteiger partial charge in [0.25, 0.3) is 5.78 Å². The van der Waals surface area contributed by atoms with Crippen LogP contribution in [0.5, 0.6) is 0 Å². The number of hydrogen-bond donors (Lipinski definition) is 0. The van der Waals surface area contributed by atoms with Crippen LogP contribution < -0.4 is 0 Å². The van der Waals surface area contributed by atoms with E-state index in [4.69, 9.17) is 0 Å². The van der Waals surface area contributed by atoms with Crippen molar-refractivity contribution in [3.05, 3.63) is 24.8 Å². The Morgan fingerprint density at radius 1 is 1.46 bits per heavy atom. The van der Waals surface area contributed by atoms with Crippen LogP contribution in [0.2, 0.25) is 0 Å². The van der Waals surface area contributed by atoms with Gasteiger partial charge in [-0.25, -0.2) is 4.79 Å². The second-order valence-corrected chi connectivity index (χ2v) is 2.85. The van der Waals surface area contributed by atoms with Crippen molar-refractivity contribution in [3.8, 4) is 0 Å². The Hall–Kier alpha value is -1.38. The molecule has 3 heteroatoms. The third-order valence-corrected chi connectivity index (χ3v) is 1.17. The zero-order chi connectivity index (χ0) is 10.3. The number of hydrogen-bond acceptors (Lipinski definition) is 3. The summed E-state index contributed by atoms with van der Waals surface area (Å²) in [6.45, 7) is 7.26. The smallest absolute Gasteiger partial charge is 0.379 e. The second kappa shape index (κ2) is 6.17. The quantitative estimate of drug-likeness (QED) is 0.280. The molecule has 0 radical (unpaired) electrons. The maximum absolute atomic E-state index is 11.0. The van der Waals surface area contributed by atoms with Crippen molar-refractivity contribution >= 4 is 11.8 Å². The Morgan fingerprint density at radius 2 is 2.08 bits per heavy atom. The molecule has 13 heavy (non-hydrogen) atoms. The van der Waals surface area contributed by atoms with Gasteiger partial charge in [0, 0.05) is 0 Å². The van der Waals surface area contributed by atoms with Gasteiger partial charge < -0.3 is 4.74 Å². The van der Waals surface area contributed by atoms with Gasteiger partial charge in [-0.1, -0.05) is 32.6 Å². The second-order valence-electron chi connectivity index (χ2n) is 2.85. The van der Waals surface area contributed by atoms with Crippen molar-refractivity contribution in [3.63, 3.8) is 0 Å². The molecule has 0 fully saturated rings. The minimum Gasteiger partial charge on any atom is -0.455 e. The van der Waals surface area contributed by atoms with Gasteiger partial charge in [0.05, 0.1) is 0 Å². The number of rotatable bonds is 5. The Labute approximate surface area is 78.1 Å². The first kappa shape index (κ1) is 11.6. The van der Waals surface area contributed by atoms with Gasteiger partial charge in [-0.05, 0) is 12.0 Å². The van der Waals surface area contributed by atoms with E-state index in [1.165, 1.54) is 12.2 Å². The summed E-state index contributed by atoms with van der Waals surface area (Å²) in [7, 11) is 0. The minimum absolute atomic E-state index is 0.0695. The van der Waals surface area contributed by atoms with Gasteiger partial charge in [0.2, 0.25) is 0 Å². The molecule has 0 saturated carbocycles. The molecule has 0 heterocycles. The monoisotopic (exact) mass is 182 g/mol. The van der Waals surface area contributed by atoms with E-state index in [9.17, 15) is 9.59 Å². The van der Waals surface area contributed by atoms with E-state index in [2.05, 4.69) is 11.3 Å². The Kier molecular flexibility index (Phi) is 5.52. The van der Waals surface area contributed by atoms with Crippen LogP contribution in [-0.4, -0.2) is 18.4 Å². The number of ether oxygens (including phenoxy) is 1. The number of carbonyl (C=O) groups excluding carboxylic acids is 2. The van der Waals surface area contributed by atoms with Crippen molar-refractivity contribution in [2.75, 3.05) is 6.61 Å². The highest BCUT2D eigenvalue weighted by molar-refractivity contribution is 6.38. The third-order valence-electron chi connectivity index (χ3n) is 1.17. The summed E-state index contributed by atoms with van der Waals surface area (Å²) in [5.41, 5.74) is 0. The van der Waals surface area contributed by atoms with E-state index in [1.54, 1.807) is 6.08 Å². The third kappa shape index (κ3) is 5.84. The number of allylic oxidation sites excluding steroid dienone is 1. The molecule has 0 unspecified atom stereocenters. The number of esters is 1. The maximum Gasteiger partial charge on any atom is 0.379 e. The zero-order valence-corrected chi connectivity index (χ0v) is 7.95. The topological polar surface area (TPSA) is 43.4 Å². The molecular weight excluding hydrogens is 168 g/mol. The van der Waals surface area contributed by atoms with Crippen LogP contribution >= 0.6 is 0 Å². The largest absolute Gasteiger partial charge is 0.455 e. The summed E-state index contributed by atoms with van der Waals surface area (Å²) in [5.74, 6) is -1.22. The van der Waals surface area contributed by atoms with Gasteiger partial charge >= 0.3 is 5.97 Å². The molecule has 0 aliphatic carbocycles. The fourth-order valence-electron chi connectivity index (χ4n) is 0.554. The van der Waals surface area contributed by atoms with Crippen LogP contribution in [-0.2, 0) is 14.3 Å². The molecule has 0 atom stereocenters. The number of ketones is 1. The van der Waals surface area contributed by atoms with Crippen molar-refractivity contribution < 1.29 is 14.3 Å². The summed E-state index contributed by atoms with van der Waals surface area (Å²) < 4.78 is 4.53. The molecule has 0 bridgehead atoms. The van der Waals surface area contributed by atoms with Gasteiger partial charge in [0.15, 0.2) is 0 Å². The fourth-order valence-corrected chi connectivity index (χ4v) is 0.554. The molecule has 0 saturated heterocycles. The normalized spacial score (nSPS) is 10.4. The van der Waals surface area contributed by atoms with E-state index in [1.807, 2.05) is 13.8 Å². The lowest BCUT2D eigenvalue weighted by molar-refractivity contribution is -0.150. The molecule has 3 nitrogen and oxygen atoms in total. The van der Waals surface area contributed by atoms with Crippen LogP contribution in [0.15, 0.2) is 24.8 Å². The summed E-state index contributed by atoms with van der Waals surface area (Å²) >= 11 is 0. The van der Waals surface area contributed by atoms with Crippen molar-refractivity contribution in [1.82, 2.24) is 0 Å². The minimum atomic E-state index is -0.836. The van der Waals surface area contributed by atoms with E-state index in [0.29, 0.717) is 0 Å². The standard InChI is InChI=1S/C10H14O3/c1-4-7-13-10(12)9(11)6-5-8(2)3/h4-6,8H,1,7H2,2-3H3/b6-5+. The summed E-state index contributed by atoms with van der Waals surface area (Å²) in [4.78, 5) is 21.8. The molecule has 0 aliphatic rings. The van der Waals surface area contributed by atoms with E-state index in [-0.39, 0.29) is 12.5 Å². The van der Waals surface area contributed by atoms with Crippen LogP contribution in [0.1, 0.15) is 13.8 Å². The Balaban J connectivity index is 3.96. The lowest BCUT2D eigenvalue weighted by Gasteiger charge is -1.97. The van der Waals surface area contributed by atoms with Crippen molar-refractivity contribution in [1.29, 1.82) is 0 Å². The predicted molar refractivity (Wildman–Crippen MR) is 50.1 cm³/mol. The first-order valence-corrected chi connectivity index (χ1v) is 4.08. The summed E-state index contributed by atoms with van der Waals surface area (Å²) in [6.07, 6.45) is 4.30. The van der Waals surface area contributed by atoms with Gasteiger partial charge in [-0.3, -0.25) is 4.79 Å². The molecule has 0 aromatic heterocycles. The van der Waals surface area contributed by atoms with Crippen LogP contribution in [0.4, 0.5) is 0 Å². The molecule has 0 aliphatic heterocycles. The molecular formula is C10H14O3. The average molecular weight is 182 g/mol. The van der Waals surface area contributed by atoms with E-state index in [0.717, 1.165) is 0 Å². The van der Waals surface area contributed by atoms with Crippen molar-refractivity contribution in [2.45, 2.75) is 13.8 Å². The molecule has 0 amide bonds. The Bertz CT molecular complexity index is 226. The maximum atomic E-state index is 11.0. The van der Waals surface area contributed by atoms with Crippen LogP contribution in [0.3, 0.4) is 0 Å². The summed E-state index contributed by atoms with van der Waals surface area (Å²) in [5, 5.41) is 0. The lowest BCUT2D eigenvalue weighted by atomic mass is 10.2. The van der Waals surface area contributed by atoms with E-state index < -0.39 is 11.8 Å². The van der Waals surface area contributed by atoms with E-state index >= 15 is 0 Å². The Morgan fingerprint density at radius 3 is 2.54 bits per heavy atom. The zero-order valence-electron chi connectivity index (χ0n) is 7.95. The first-order valence-electron chi connectivity index (χ1n) is 4.08. The average Bonchev–Trinajstić information content (AvgIpc) is 2.10. The highest BCUT2D eigenvalue weighted by Crippen LogP contribution is 1.94.